The fourth-order valence-electron chi connectivity index (χ4n) is 2.55. The molecule has 0 spiro atoms. The maximum absolute atomic E-state index is 12.8. The van der Waals surface area contributed by atoms with E-state index in [4.69, 9.17) is 4.42 Å². The summed E-state index contributed by atoms with van der Waals surface area (Å²) in [5.74, 6) is 1.56. The standard InChI is InChI=1S/C16H20N2O2S/c1-12(13-8-17-9-13)16(19)18(10-14-4-2-6-20-14)11-15-5-3-7-21-15/h2-7,12-13,17H,8-11H2,1H3. The Kier molecular flexibility index (Phi) is 4.41. The van der Waals surface area contributed by atoms with Crippen molar-refractivity contribution in [3.05, 3.63) is 46.5 Å². The second-order valence-corrected chi connectivity index (χ2v) is 6.59. The van der Waals surface area contributed by atoms with E-state index in [9.17, 15) is 4.79 Å². The molecule has 0 aromatic carbocycles. The van der Waals surface area contributed by atoms with Crippen molar-refractivity contribution in [2.75, 3.05) is 13.1 Å². The Hall–Kier alpha value is -1.59. The second kappa shape index (κ2) is 6.45. The van der Waals surface area contributed by atoms with Crippen LogP contribution in [0.5, 0.6) is 0 Å². The van der Waals surface area contributed by atoms with Crippen LogP contribution in [-0.2, 0) is 17.9 Å². The first-order valence-corrected chi connectivity index (χ1v) is 8.16. The van der Waals surface area contributed by atoms with E-state index in [1.54, 1.807) is 17.6 Å². The number of amides is 1. The molecule has 3 heterocycles. The molecule has 5 heteroatoms. The molecule has 0 aliphatic carbocycles. The molecular weight excluding hydrogens is 284 g/mol. The summed E-state index contributed by atoms with van der Waals surface area (Å²) >= 11 is 1.68. The highest BCUT2D eigenvalue weighted by Crippen LogP contribution is 2.22. The molecule has 4 nitrogen and oxygen atoms in total. The topological polar surface area (TPSA) is 45.5 Å². The highest BCUT2D eigenvalue weighted by molar-refractivity contribution is 7.09. The van der Waals surface area contributed by atoms with Crippen molar-refractivity contribution in [1.82, 2.24) is 10.2 Å². The number of hydrogen-bond donors (Lipinski definition) is 1. The fraction of sp³-hybridized carbons (Fsp3) is 0.438. The van der Waals surface area contributed by atoms with Crippen LogP contribution in [0, 0.1) is 11.8 Å². The zero-order valence-electron chi connectivity index (χ0n) is 12.1. The van der Waals surface area contributed by atoms with Crippen molar-refractivity contribution in [2.45, 2.75) is 20.0 Å². The molecular formula is C16H20N2O2S. The van der Waals surface area contributed by atoms with Gasteiger partial charge in [0, 0.05) is 10.8 Å². The molecule has 1 aliphatic heterocycles. The lowest BCUT2D eigenvalue weighted by Crippen LogP contribution is -2.50. The van der Waals surface area contributed by atoms with E-state index in [1.807, 2.05) is 35.4 Å². The number of hydrogen-bond acceptors (Lipinski definition) is 4. The van der Waals surface area contributed by atoms with Crippen LogP contribution in [0.25, 0.3) is 0 Å². The lowest BCUT2D eigenvalue weighted by atomic mass is 9.88. The summed E-state index contributed by atoms with van der Waals surface area (Å²) < 4.78 is 5.41. The molecule has 1 unspecified atom stereocenters. The Bertz CT molecular complexity index is 525. The lowest BCUT2D eigenvalue weighted by molar-refractivity contribution is -0.139. The van der Waals surface area contributed by atoms with Crippen LogP contribution in [0.1, 0.15) is 17.6 Å². The van der Waals surface area contributed by atoms with Gasteiger partial charge in [0.25, 0.3) is 0 Å². The maximum Gasteiger partial charge on any atom is 0.226 e. The zero-order chi connectivity index (χ0) is 14.7. The Balaban J connectivity index is 1.72. The van der Waals surface area contributed by atoms with Crippen molar-refractivity contribution in [3.8, 4) is 0 Å². The van der Waals surface area contributed by atoms with Gasteiger partial charge in [0.2, 0.25) is 5.91 Å². The summed E-state index contributed by atoms with van der Waals surface area (Å²) in [6.07, 6.45) is 1.66. The first-order valence-electron chi connectivity index (χ1n) is 7.28. The van der Waals surface area contributed by atoms with Crippen LogP contribution >= 0.6 is 11.3 Å². The predicted molar refractivity (Wildman–Crippen MR) is 82.8 cm³/mol. The smallest absolute Gasteiger partial charge is 0.226 e. The monoisotopic (exact) mass is 304 g/mol. The first-order chi connectivity index (χ1) is 10.2. The van der Waals surface area contributed by atoms with Crippen LogP contribution < -0.4 is 5.32 Å². The van der Waals surface area contributed by atoms with Gasteiger partial charge in [0.1, 0.15) is 5.76 Å². The molecule has 0 bridgehead atoms. The van der Waals surface area contributed by atoms with Crippen molar-refractivity contribution in [3.63, 3.8) is 0 Å². The van der Waals surface area contributed by atoms with Gasteiger partial charge in [0.15, 0.2) is 0 Å². The number of furan rings is 1. The lowest BCUT2D eigenvalue weighted by Gasteiger charge is -2.34. The van der Waals surface area contributed by atoms with Crippen LogP contribution in [0.4, 0.5) is 0 Å². The molecule has 2 aromatic rings. The Morgan fingerprint density at radius 2 is 2.29 bits per heavy atom. The number of thiophene rings is 1. The van der Waals surface area contributed by atoms with E-state index < -0.39 is 0 Å². The number of carbonyl (C=O) groups excluding carboxylic acids is 1. The molecule has 1 saturated heterocycles. The van der Waals surface area contributed by atoms with Gasteiger partial charge >= 0.3 is 0 Å². The third-order valence-electron chi connectivity index (χ3n) is 4.07. The number of carbonyl (C=O) groups is 1. The fourth-order valence-corrected chi connectivity index (χ4v) is 3.27. The normalized spacial score (nSPS) is 16.4. The van der Waals surface area contributed by atoms with E-state index in [1.165, 1.54) is 4.88 Å². The Morgan fingerprint density at radius 1 is 1.43 bits per heavy atom. The molecule has 0 saturated carbocycles. The van der Waals surface area contributed by atoms with Gasteiger partial charge < -0.3 is 14.6 Å². The quantitative estimate of drug-likeness (QED) is 0.892. The van der Waals surface area contributed by atoms with Crippen molar-refractivity contribution in [1.29, 1.82) is 0 Å². The minimum atomic E-state index is 0.0566. The van der Waals surface area contributed by atoms with Crippen LogP contribution in [0.15, 0.2) is 40.3 Å². The summed E-state index contributed by atoms with van der Waals surface area (Å²) in [6.45, 7) is 5.12. The van der Waals surface area contributed by atoms with Gasteiger partial charge in [-0.3, -0.25) is 4.79 Å². The second-order valence-electron chi connectivity index (χ2n) is 5.56. The SMILES string of the molecule is CC(C(=O)N(Cc1ccco1)Cc1cccs1)C1CNC1. The van der Waals surface area contributed by atoms with E-state index >= 15 is 0 Å². The first kappa shape index (κ1) is 14.4. The minimum absolute atomic E-state index is 0.0566. The third-order valence-corrected chi connectivity index (χ3v) is 4.94. The highest BCUT2D eigenvalue weighted by atomic mass is 32.1. The molecule has 1 N–H and O–H groups in total. The van der Waals surface area contributed by atoms with Crippen molar-refractivity contribution in [2.24, 2.45) is 11.8 Å². The molecule has 0 radical (unpaired) electrons. The molecule has 21 heavy (non-hydrogen) atoms. The molecule has 1 amide bonds. The van der Waals surface area contributed by atoms with Gasteiger partial charge in [-0.15, -0.1) is 11.3 Å². The van der Waals surface area contributed by atoms with Gasteiger partial charge in [-0.05, 0) is 42.6 Å². The Labute approximate surface area is 128 Å². The average Bonchev–Trinajstić information content (AvgIpc) is 3.08. The number of rotatable bonds is 6. The molecule has 1 aliphatic rings. The summed E-state index contributed by atoms with van der Waals surface area (Å²) in [4.78, 5) is 15.9. The number of nitrogens with zero attached hydrogens (tertiary/aromatic N) is 1. The third kappa shape index (κ3) is 3.36. The van der Waals surface area contributed by atoms with E-state index in [0.29, 0.717) is 19.0 Å². The summed E-state index contributed by atoms with van der Waals surface area (Å²) in [7, 11) is 0. The maximum atomic E-state index is 12.8. The predicted octanol–water partition coefficient (Wildman–Crippen LogP) is 2.73. The van der Waals surface area contributed by atoms with Gasteiger partial charge in [-0.2, -0.15) is 0 Å². The van der Waals surface area contributed by atoms with Crippen LogP contribution in [0.2, 0.25) is 0 Å². The molecule has 3 rings (SSSR count). The zero-order valence-corrected chi connectivity index (χ0v) is 12.9. The largest absolute Gasteiger partial charge is 0.467 e. The van der Waals surface area contributed by atoms with E-state index in [0.717, 1.165) is 18.8 Å². The van der Waals surface area contributed by atoms with Crippen LogP contribution in [0.3, 0.4) is 0 Å². The van der Waals surface area contributed by atoms with E-state index in [2.05, 4.69) is 11.4 Å². The molecule has 1 atom stereocenters. The summed E-state index contributed by atoms with van der Waals surface area (Å²) in [5, 5.41) is 5.29. The minimum Gasteiger partial charge on any atom is -0.467 e. The molecule has 112 valence electrons. The summed E-state index contributed by atoms with van der Waals surface area (Å²) in [6, 6.07) is 7.88. The average molecular weight is 304 g/mol. The summed E-state index contributed by atoms with van der Waals surface area (Å²) in [5.41, 5.74) is 0. The Morgan fingerprint density at radius 3 is 2.86 bits per heavy atom. The van der Waals surface area contributed by atoms with Crippen molar-refractivity contribution >= 4 is 17.2 Å². The van der Waals surface area contributed by atoms with Crippen molar-refractivity contribution < 1.29 is 9.21 Å². The van der Waals surface area contributed by atoms with Gasteiger partial charge in [-0.25, -0.2) is 0 Å². The van der Waals surface area contributed by atoms with Gasteiger partial charge in [0.05, 0.1) is 19.4 Å². The highest BCUT2D eigenvalue weighted by Gasteiger charge is 2.32. The number of nitrogens with one attached hydrogen (secondary N) is 1. The van der Waals surface area contributed by atoms with Crippen LogP contribution in [-0.4, -0.2) is 23.9 Å². The van der Waals surface area contributed by atoms with E-state index in [-0.39, 0.29) is 11.8 Å². The molecule has 2 aromatic heterocycles. The van der Waals surface area contributed by atoms with Gasteiger partial charge in [-0.1, -0.05) is 13.0 Å². The molecule has 1 fully saturated rings.